The molecular formula is C15H13ClN2O2S. The van der Waals surface area contributed by atoms with Crippen LogP contribution >= 0.6 is 23.4 Å². The Morgan fingerprint density at radius 1 is 1.43 bits per heavy atom. The van der Waals surface area contributed by atoms with Gasteiger partial charge in [0.2, 0.25) is 0 Å². The second kappa shape index (κ2) is 5.58. The molecule has 0 fully saturated rings. The van der Waals surface area contributed by atoms with Crippen LogP contribution in [0.5, 0.6) is 11.5 Å². The number of carbonyl (C=O) groups is 1. The molecule has 0 unspecified atom stereocenters. The van der Waals surface area contributed by atoms with Gasteiger partial charge in [0.15, 0.2) is 22.4 Å². The van der Waals surface area contributed by atoms with Crippen LogP contribution in [-0.2, 0) is 0 Å². The van der Waals surface area contributed by atoms with E-state index in [0.717, 1.165) is 10.6 Å². The number of aromatic nitrogens is 1. The van der Waals surface area contributed by atoms with E-state index in [1.54, 1.807) is 11.8 Å². The average molecular weight is 321 g/mol. The van der Waals surface area contributed by atoms with Crippen molar-refractivity contribution in [1.29, 1.82) is 0 Å². The van der Waals surface area contributed by atoms with Crippen LogP contribution in [0.1, 0.15) is 23.7 Å². The van der Waals surface area contributed by atoms with Gasteiger partial charge < -0.3 is 10.1 Å². The lowest BCUT2D eigenvalue weighted by molar-refractivity contribution is 0.0988. The highest BCUT2D eigenvalue weighted by atomic mass is 35.5. The molecule has 0 spiro atoms. The molecule has 108 valence electrons. The molecule has 1 aliphatic heterocycles. The van der Waals surface area contributed by atoms with Gasteiger partial charge in [0.25, 0.3) is 0 Å². The SMILES string of the molecule is CCC(=O)c1cnc(Cl)c2c1Nc1c(cccc1SC)O2. The Balaban J connectivity index is 2.17. The predicted molar refractivity (Wildman–Crippen MR) is 85.4 cm³/mol. The number of ether oxygens (including phenoxy) is 1. The maximum atomic E-state index is 12.1. The normalized spacial score (nSPS) is 12.0. The zero-order chi connectivity index (χ0) is 15.0. The lowest BCUT2D eigenvalue weighted by Crippen LogP contribution is -2.11. The van der Waals surface area contributed by atoms with Crippen molar-refractivity contribution >= 4 is 40.5 Å². The standard InChI is InChI=1S/C15H13ClN2O2S/c1-3-9(19)8-7-17-15(16)14-12(8)18-13-10(20-14)5-4-6-11(13)21-2/h4-7,18H,3H2,1-2H3. The molecule has 1 aromatic carbocycles. The fourth-order valence-corrected chi connectivity index (χ4v) is 2.97. The third kappa shape index (κ3) is 2.36. The van der Waals surface area contributed by atoms with E-state index < -0.39 is 0 Å². The third-order valence-corrected chi connectivity index (χ3v) is 4.33. The van der Waals surface area contributed by atoms with E-state index >= 15 is 0 Å². The lowest BCUT2D eigenvalue weighted by atomic mass is 10.1. The molecule has 0 atom stereocenters. The Kier molecular flexibility index (Phi) is 3.78. The van der Waals surface area contributed by atoms with Gasteiger partial charge in [-0.15, -0.1) is 11.8 Å². The number of hydrogen-bond donors (Lipinski definition) is 1. The number of nitrogens with one attached hydrogen (secondary N) is 1. The summed E-state index contributed by atoms with van der Waals surface area (Å²) in [5.74, 6) is 1.08. The number of benzene rings is 1. The largest absolute Gasteiger partial charge is 0.450 e. The first-order valence-corrected chi connectivity index (χ1v) is 8.09. The van der Waals surface area contributed by atoms with Crippen LogP contribution in [0.4, 0.5) is 11.4 Å². The molecule has 0 amide bonds. The van der Waals surface area contributed by atoms with Crippen molar-refractivity contribution in [3.8, 4) is 11.5 Å². The second-order valence-corrected chi connectivity index (χ2v) is 5.71. The molecule has 0 saturated heterocycles. The molecule has 1 aromatic heterocycles. The number of rotatable bonds is 3. The quantitative estimate of drug-likeness (QED) is 0.422. The van der Waals surface area contributed by atoms with Gasteiger partial charge in [-0.05, 0) is 18.4 Å². The van der Waals surface area contributed by atoms with Crippen LogP contribution in [0.3, 0.4) is 0 Å². The minimum absolute atomic E-state index is 0.00315. The number of thioether (sulfide) groups is 1. The zero-order valence-electron chi connectivity index (χ0n) is 11.6. The van der Waals surface area contributed by atoms with Crippen molar-refractivity contribution in [1.82, 2.24) is 4.98 Å². The summed E-state index contributed by atoms with van der Waals surface area (Å²) in [6, 6.07) is 5.77. The number of hydrogen-bond acceptors (Lipinski definition) is 5. The highest BCUT2D eigenvalue weighted by Crippen LogP contribution is 2.49. The Labute approximate surface area is 131 Å². The van der Waals surface area contributed by atoms with Crippen LogP contribution in [0.15, 0.2) is 29.3 Å². The maximum absolute atomic E-state index is 12.1. The maximum Gasteiger partial charge on any atom is 0.188 e. The van der Waals surface area contributed by atoms with Gasteiger partial charge in [0.1, 0.15) is 0 Å². The van der Waals surface area contributed by atoms with E-state index in [-0.39, 0.29) is 10.9 Å². The number of ketones is 1. The van der Waals surface area contributed by atoms with Crippen LogP contribution in [0.2, 0.25) is 5.15 Å². The number of pyridine rings is 1. The number of anilines is 2. The molecule has 1 aliphatic rings. The zero-order valence-corrected chi connectivity index (χ0v) is 13.1. The Morgan fingerprint density at radius 2 is 2.24 bits per heavy atom. The molecule has 3 rings (SSSR count). The molecule has 2 heterocycles. The molecule has 2 aromatic rings. The van der Waals surface area contributed by atoms with E-state index in [1.165, 1.54) is 6.20 Å². The Morgan fingerprint density at radius 3 is 2.95 bits per heavy atom. The Hall–Kier alpha value is -1.72. The minimum Gasteiger partial charge on any atom is -0.450 e. The molecule has 0 aliphatic carbocycles. The van der Waals surface area contributed by atoms with Crippen LogP contribution in [-0.4, -0.2) is 17.0 Å². The molecule has 0 radical (unpaired) electrons. The number of halogens is 1. The second-order valence-electron chi connectivity index (χ2n) is 4.50. The van der Waals surface area contributed by atoms with E-state index in [9.17, 15) is 4.79 Å². The summed E-state index contributed by atoms with van der Waals surface area (Å²) in [6.07, 6.45) is 3.88. The Bertz CT molecular complexity index is 734. The van der Waals surface area contributed by atoms with Gasteiger partial charge in [0, 0.05) is 17.5 Å². The smallest absolute Gasteiger partial charge is 0.188 e. The average Bonchev–Trinajstić information content (AvgIpc) is 2.52. The molecular weight excluding hydrogens is 308 g/mol. The number of fused-ring (bicyclic) bond motifs is 2. The first kappa shape index (κ1) is 14.2. The fraction of sp³-hybridized carbons (Fsp3) is 0.200. The van der Waals surface area contributed by atoms with E-state index in [4.69, 9.17) is 16.3 Å². The molecule has 1 N–H and O–H groups in total. The highest BCUT2D eigenvalue weighted by molar-refractivity contribution is 7.98. The van der Waals surface area contributed by atoms with Gasteiger partial charge in [-0.1, -0.05) is 24.6 Å². The fourth-order valence-electron chi connectivity index (χ4n) is 2.21. The molecule has 0 saturated carbocycles. The first-order chi connectivity index (χ1) is 10.2. The summed E-state index contributed by atoms with van der Waals surface area (Å²) >= 11 is 7.72. The summed E-state index contributed by atoms with van der Waals surface area (Å²) < 4.78 is 5.86. The highest BCUT2D eigenvalue weighted by Gasteiger charge is 2.26. The summed E-state index contributed by atoms with van der Waals surface area (Å²) in [5, 5.41) is 3.53. The monoisotopic (exact) mass is 320 g/mol. The number of Topliss-reactive ketones (excluding diaryl/α,β-unsaturated/α-hetero) is 1. The summed E-state index contributed by atoms with van der Waals surface area (Å²) in [6.45, 7) is 1.81. The summed E-state index contributed by atoms with van der Waals surface area (Å²) in [5.41, 5.74) is 1.94. The summed E-state index contributed by atoms with van der Waals surface area (Å²) in [7, 11) is 0. The van der Waals surface area contributed by atoms with Gasteiger partial charge >= 0.3 is 0 Å². The van der Waals surface area contributed by atoms with Crippen molar-refractivity contribution in [3.05, 3.63) is 35.1 Å². The van der Waals surface area contributed by atoms with Crippen molar-refractivity contribution in [2.24, 2.45) is 0 Å². The first-order valence-electron chi connectivity index (χ1n) is 6.49. The molecule has 6 heteroatoms. The molecule has 21 heavy (non-hydrogen) atoms. The predicted octanol–water partition coefficient (Wildman–Crippen LogP) is 4.90. The number of carbonyl (C=O) groups excluding carboxylic acids is 1. The van der Waals surface area contributed by atoms with Crippen molar-refractivity contribution < 1.29 is 9.53 Å². The topological polar surface area (TPSA) is 51.2 Å². The van der Waals surface area contributed by atoms with Gasteiger partial charge in [-0.25, -0.2) is 4.98 Å². The van der Waals surface area contributed by atoms with Gasteiger partial charge in [0.05, 0.1) is 16.9 Å². The van der Waals surface area contributed by atoms with Crippen molar-refractivity contribution in [2.75, 3.05) is 11.6 Å². The lowest BCUT2D eigenvalue weighted by Gasteiger charge is -2.25. The van der Waals surface area contributed by atoms with Gasteiger partial charge in [-0.2, -0.15) is 0 Å². The summed E-state index contributed by atoms with van der Waals surface area (Å²) in [4.78, 5) is 17.2. The van der Waals surface area contributed by atoms with Crippen molar-refractivity contribution in [3.63, 3.8) is 0 Å². The minimum atomic E-state index is -0.00315. The number of nitrogens with zero attached hydrogens (tertiary/aromatic N) is 1. The number of para-hydroxylation sites is 1. The van der Waals surface area contributed by atoms with Crippen molar-refractivity contribution in [2.45, 2.75) is 18.2 Å². The van der Waals surface area contributed by atoms with E-state index in [2.05, 4.69) is 10.3 Å². The third-order valence-electron chi connectivity index (χ3n) is 3.28. The van der Waals surface area contributed by atoms with E-state index in [1.807, 2.05) is 31.4 Å². The van der Waals surface area contributed by atoms with Crippen LogP contribution in [0, 0.1) is 0 Å². The van der Waals surface area contributed by atoms with Crippen LogP contribution < -0.4 is 10.1 Å². The van der Waals surface area contributed by atoms with Crippen LogP contribution in [0.25, 0.3) is 0 Å². The molecule has 0 bridgehead atoms. The molecule has 4 nitrogen and oxygen atoms in total. The van der Waals surface area contributed by atoms with Gasteiger partial charge in [-0.3, -0.25) is 4.79 Å². The van der Waals surface area contributed by atoms with E-state index in [0.29, 0.717) is 29.2 Å².